The number of carbonyl (C=O) groups is 2. The summed E-state index contributed by atoms with van der Waals surface area (Å²) < 4.78 is 18.7. The number of methoxy groups -OCH3 is 1. The van der Waals surface area contributed by atoms with Gasteiger partial charge >= 0.3 is 0 Å². The minimum Gasteiger partial charge on any atom is -0.384 e. The van der Waals surface area contributed by atoms with Gasteiger partial charge in [0.05, 0.1) is 18.4 Å². The van der Waals surface area contributed by atoms with Crippen LogP contribution in [-0.2, 0) is 20.7 Å². The van der Waals surface area contributed by atoms with Crippen molar-refractivity contribution in [3.05, 3.63) is 35.6 Å². The van der Waals surface area contributed by atoms with Crippen molar-refractivity contribution in [3.8, 4) is 0 Å². The third-order valence-corrected chi connectivity index (χ3v) is 5.82. The van der Waals surface area contributed by atoms with E-state index in [2.05, 4.69) is 5.32 Å². The fraction of sp³-hybridized carbons (Fsp3) is 0.619. The molecule has 2 aliphatic rings. The number of halogens is 2. The topological polar surface area (TPSA) is 61.9 Å². The Bertz CT molecular complexity index is 692. The number of amides is 2. The quantitative estimate of drug-likeness (QED) is 0.779. The highest BCUT2D eigenvalue weighted by atomic mass is 35.5. The molecule has 2 fully saturated rings. The maximum absolute atomic E-state index is 13.4. The van der Waals surface area contributed by atoms with Gasteiger partial charge in [0.25, 0.3) is 0 Å². The molecule has 0 saturated carbocycles. The van der Waals surface area contributed by atoms with Crippen molar-refractivity contribution in [1.82, 2.24) is 15.1 Å². The molecule has 29 heavy (non-hydrogen) atoms. The van der Waals surface area contributed by atoms with Gasteiger partial charge in [-0.3, -0.25) is 9.59 Å². The van der Waals surface area contributed by atoms with E-state index in [0.717, 1.165) is 32.4 Å². The Hall–Kier alpha value is -1.70. The van der Waals surface area contributed by atoms with E-state index in [1.165, 1.54) is 12.1 Å². The molecule has 0 aromatic heterocycles. The van der Waals surface area contributed by atoms with Crippen LogP contribution in [0.15, 0.2) is 24.3 Å². The number of piperidine rings is 1. The van der Waals surface area contributed by atoms with Gasteiger partial charge in [-0.1, -0.05) is 12.1 Å². The second kappa shape index (κ2) is 10.9. The first-order valence-electron chi connectivity index (χ1n) is 10.1. The third-order valence-electron chi connectivity index (χ3n) is 5.82. The normalized spacial score (nSPS) is 19.2. The van der Waals surface area contributed by atoms with Gasteiger partial charge in [-0.25, -0.2) is 4.39 Å². The van der Waals surface area contributed by atoms with E-state index in [0.29, 0.717) is 38.3 Å². The van der Waals surface area contributed by atoms with Crippen LogP contribution in [0.3, 0.4) is 0 Å². The van der Waals surface area contributed by atoms with Crippen molar-refractivity contribution in [2.75, 3.05) is 53.0 Å². The summed E-state index contributed by atoms with van der Waals surface area (Å²) in [6, 6.07) is 6.16. The maximum Gasteiger partial charge on any atom is 0.231 e. The summed E-state index contributed by atoms with van der Waals surface area (Å²) in [5.74, 6) is -0.202. The summed E-state index contributed by atoms with van der Waals surface area (Å²) in [5.41, 5.74) is 0.219. The maximum atomic E-state index is 13.4. The van der Waals surface area contributed by atoms with Crippen LogP contribution in [-0.4, -0.2) is 74.6 Å². The van der Waals surface area contributed by atoms with Crippen molar-refractivity contribution in [3.63, 3.8) is 0 Å². The average molecular weight is 428 g/mol. The molecule has 0 atom stereocenters. The van der Waals surface area contributed by atoms with Crippen molar-refractivity contribution < 1.29 is 18.7 Å². The van der Waals surface area contributed by atoms with Gasteiger partial charge in [-0.15, -0.1) is 12.4 Å². The Morgan fingerprint density at radius 2 is 1.83 bits per heavy atom. The number of benzene rings is 1. The Morgan fingerprint density at radius 3 is 2.52 bits per heavy atom. The lowest BCUT2D eigenvalue weighted by Gasteiger charge is -2.39. The van der Waals surface area contributed by atoms with Crippen LogP contribution in [0, 0.1) is 11.2 Å². The summed E-state index contributed by atoms with van der Waals surface area (Å²) in [4.78, 5) is 29.6. The highest BCUT2D eigenvalue weighted by Gasteiger charge is 2.42. The van der Waals surface area contributed by atoms with E-state index < -0.39 is 5.41 Å². The average Bonchev–Trinajstić information content (AvgIpc) is 2.95. The Labute approximate surface area is 178 Å². The van der Waals surface area contributed by atoms with Crippen LogP contribution in [0.5, 0.6) is 0 Å². The van der Waals surface area contributed by atoms with E-state index in [1.54, 1.807) is 24.1 Å². The Morgan fingerprint density at radius 1 is 1.14 bits per heavy atom. The molecule has 1 aromatic carbocycles. The molecular weight excluding hydrogens is 397 g/mol. The molecule has 3 rings (SSSR count). The zero-order valence-electron chi connectivity index (χ0n) is 17.0. The van der Waals surface area contributed by atoms with E-state index in [1.807, 2.05) is 4.90 Å². The summed E-state index contributed by atoms with van der Waals surface area (Å²) in [6.45, 7) is 4.40. The van der Waals surface area contributed by atoms with E-state index in [-0.39, 0.29) is 36.5 Å². The standard InChI is InChI=1S/C21H30FN3O3.ClH/c1-28-16-21(6-8-23-9-7-21)20(27)25-11-3-10-24(12-13-25)19(26)15-17-4-2-5-18(22)14-17;/h2,4-5,14,23H,3,6-13,15-16H2,1H3;1H. The highest BCUT2D eigenvalue weighted by Crippen LogP contribution is 2.32. The number of hydrogen-bond donors (Lipinski definition) is 1. The lowest BCUT2D eigenvalue weighted by molar-refractivity contribution is -0.147. The van der Waals surface area contributed by atoms with Crippen LogP contribution in [0.1, 0.15) is 24.8 Å². The number of hydrogen-bond acceptors (Lipinski definition) is 4. The number of carbonyl (C=O) groups excluding carboxylic acids is 2. The second-order valence-electron chi connectivity index (χ2n) is 7.80. The first-order chi connectivity index (χ1) is 13.5. The molecule has 2 amide bonds. The number of nitrogens with zero attached hydrogens (tertiary/aromatic N) is 2. The second-order valence-corrected chi connectivity index (χ2v) is 7.80. The van der Waals surface area contributed by atoms with Gasteiger partial charge in [0, 0.05) is 33.3 Å². The van der Waals surface area contributed by atoms with Gasteiger partial charge < -0.3 is 19.9 Å². The summed E-state index contributed by atoms with van der Waals surface area (Å²) in [5, 5.41) is 3.31. The molecule has 0 spiro atoms. The molecule has 162 valence electrons. The van der Waals surface area contributed by atoms with Crippen LogP contribution in [0.4, 0.5) is 4.39 Å². The van der Waals surface area contributed by atoms with Crippen LogP contribution < -0.4 is 5.32 Å². The van der Waals surface area contributed by atoms with E-state index in [4.69, 9.17) is 4.74 Å². The first kappa shape index (κ1) is 23.6. The molecular formula is C21H31ClFN3O3. The predicted molar refractivity (Wildman–Crippen MR) is 112 cm³/mol. The van der Waals surface area contributed by atoms with Crippen LogP contribution >= 0.6 is 12.4 Å². The van der Waals surface area contributed by atoms with Crippen molar-refractivity contribution >= 4 is 24.2 Å². The summed E-state index contributed by atoms with van der Waals surface area (Å²) >= 11 is 0. The highest BCUT2D eigenvalue weighted by molar-refractivity contribution is 5.85. The SMILES string of the molecule is COCC1(C(=O)N2CCCN(C(=O)Cc3cccc(F)c3)CC2)CCNCC1.Cl. The third kappa shape index (κ3) is 5.90. The van der Waals surface area contributed by atoms with Crippen molar-refractivity contribution in [2.24, 2.45) is 5.41 Å². The largest absolute Gasteiger partial charge is 0.384 e. The lowest BCUT2D eigenvalue weighted by atomic mass is 9.78. The van der Waals surface area contributed by atoms with Crippen LogP contribution in [0.2, 0.25) is 0 Å². The first-order valence-corrected chi connectivity index (χ1v) is 10.1. The smallest absolute Gasteiger partial charge is 0.231 e. The van der Waals surface area contributed by atoms with Gasteiger partial charge in [0.1, 0.15) is 5.82 Å². The minimum absolute atomic E-state index is 0. The van der Waals surface area contributed by atoms with Gasteiger partial charge in [0.15, 0.2) is 0 Å². The molecule has 1 aromatic rings. The predicted octanol–water partition coefficient (Wildman–Crippen LogP) is 1.87. The molecule has 0 unspecified atom stereocenters. The molecule has 2 heterocycles. The van der Waals surface area contributed by atoms with Gasteiger partial charge in [-0.05, 0) is 50.0 Å². The molecule has 0 aliphatic carbocycles. The molecule has 8 heteroatoms. The summed E-state index contributed by atoms with van der Waals surface area (Å²) in [7, 11) is 1.65. The molecule has 2 aliphatic heterocycles. The fourth-order valence-electron chi connectivity index (χ4n) is 4.24. The lowest BCUT2D eigenvalue weighted by Crippen LogP contribution is -2.52. The molecule has 2 saturated heterocycles. The van der Waals surface area contributed by atoms with Crippen molar-refractivity contribution in [2.45, 2.75) is 25.7 Å². The zero-order chi connectivity index (χ0) is 20.0. The monoisotopic (exact) mass is 427 g/mol. The minimum atomic E-state index is -0.458. The zero-order valence-corrected chi connectivity index (χ0v) is 17.8. The van der Waals surface area contributed by atoms with Crippen molar-refractivity contribution in [1.29, 1.82) is 0 Å². The number of ether oxygens (including phenoxy) is 1. The van der Waals surface area contributed by atoms with Gasteiger partial charge in [0.2, 0.25) is 11.8 Å². The van der Waals surface area contributed by atoms with E-state index in [9.17, 15) is 14.0 Å². The Kier molecular flexibility index (Phi) is 8.86. The number of nitrogens with one attached hydrogen (secondary N) is 1. The fourth-order valence-corrected chi connectivity index (χ4v) is 4.24. The molecule has 6 nitrogen and oxygen atoms in total. The molecule has 0 bridgehead atoms. The van der Waals surface area contributed by atoms with E-state index >= 15 is 0 Å². The molecule has 0 radical (unpaired) electrons. The van der Waals surface area contributed by atoms with Gasteiger partial charge in [-0.2, -0.15) is 0 Å². The Balaban J connectivity index is 0.00000300. The summed E-state index contributed by atoms with van der Waals surface area (Å²) in [6.07, 6.45) is 2.49. The molecule has 1 N–H and O–H groups in total. The van der Waals surface area contributed by atoms with Crippen LogP contribution in [0.25, 0.3) is 0 Å². The number of rotatable bonds is 5.